The van der Waals surface area contributed by atoms with E-state index in [1.807, 2.05) is 35.2 Å². The summed E-state index contributed by atoms with van der Waals surface area (Å²) >= 11 is 1.24. The van der Waals surface area contributed by atoms with Crippen LogP contribution in [0.15, 0.2) is 40.0 Å². The van der Waals surface area contributed by atoms with Crippen LogP contribution in [0.1, 0.15) is 44.4 Å². The van der Waals surface area contributed by atoms with Crippen LogP contribution in [0.4, 0.5) is 5.69 Å². The second-order valence-corrected chi connectivity index (χ2v) is 11.3. The molecule has 2 aromatic rings. The van der Waals surface area contributed by atoms with Gasteiger partial charge in [0.05, 0.1) is 17.3 Å². The molecule has 0 N–H and O–H groups in total. The van der Waals surface area contributed by atoms with Crippen molar-refractivity contribution in [2.24, 2.45) is 5.92 Å². The fourth-order valence-electron chi connectivity index (χ4n) is 4.34. The Hall–Kier alpha value is -1.87. The monoisotopic (exact) mass is 449 g/mol. The number of carbonyl (C=O) groups is 1. The van der Waals surface area contributed by atoms with Crippen LogP contribution in [0.25, 0.3) is 0 Å². The van der Waals surface area contributed by atoms with Crippen LogP contribution in [-0.2, 0) is 21.1 Å². The Kier molecular flexibility index (Phi) is 6.77. The Morgan fingerprint density at radius 3 is 2.57 bits per heavy atom. The minimum absolute atomic E-state index is 0.0369. The van der Waals surface area contributed by atoms with Gasteiger partial charge in [0, 0.05) is 18.2 Å². The Morgan fingerprint density at radius 1 is 1.10 bits per heavy atom. The van der Waals surface area contributed by atoms with Gasteiger partial charge in [0.2, 0.25) is 11.8 Å². The van der Waals surface area contributed by atoms with E-state index in [-0.39, 0.29) is 35.1 Å². The van der Waals surface area contributed by atoms with Crippen molar-refractivity contribution in [1.29, 1.82) is 0 Å². The molecule has 2 fully saturated rings. The summed E-state index contributed by atoms with van der Waals surface area (Å²) in [7, 11) is -2.92. The zero-order chi connectivity index (χ0) is 21.0. The highest BCUT2D eigenvalue weighted by atomic mass is 32.2. The molecule has 30 heavy (non-hydrogen) atoms. The molecule has 1 saturated carbocycles. The van der Waals surface area contributed by atoms with Crippen LogP contribution in [0.2, 0.25) is 0 Å². The van der Waals surface area contributed by atoms with Gasteiger partial charge in [0.1, 0.15) is 0 Å². The fraction of sp³-hybridized carbons (Fsp3) is 0.571. The molecule has 1 saturated heterocycles. The average molecular weight is 450 g/mol. The summed E-state index contributed by atoms with van der Waals surface area (Å²) in [6.07, 6.45) is 6.70. The molecule has 1 aliphatic carbocycles. The first-order chi connectivity index (χ1) is 14.5. The molecule has 1 amide bonds. The van der Waals surface area contributed by atoms with Gasteiger partial charge in [-0.1, -0.05) is 49.2 Å². The van der Waals surface area contributed by atoms with Gasteiger partial charge in [-0.25, -0.2) is 8.42 Å². The third-order valence-corrected chi connectivity index (χ3v) is 8.44. The van der Waals surface area contributed by atoms with Gasteiger partial charge < -0.3 is 9.32 Å². The lowest BCUT2D eigenvalue weighted by molar-refractivity contribution is -0.116. The maximum atomic E-state index is 13.1. The first-order valence-electron chi connectivity index (χ1n) is 10.5. The van der Waals surface area contributed by atoms with Gasteiger partial charge >= 0.3 is 0 Å². The first kappa shape index (κ1) is 21.4. The molecule has 1 aromatic heterocycles. The van der Waals surface area contributed by atoms with Crippen LogP contribution < -0.4 is 4.90 Å². The lowest BCUT2D eigenvalue weighted by atomic mass is 9.93. The predicted octanol–water partition coefficient (Wildman–Crippen LogP) is 3.50. The van der Waals surface area contributed by atoms with E-state index in [1.54, 1.807) is 0 Å². The number of para-hydroxylation sites is 1. The van der Waals surface area contributed by atoms with Crippen LogP contribution in [0.3, 0.4) is 0 Å². The van der Waals surface area contributed by atoms with Crippen LogP contribution >= 0.6 is 11.8 Å². The van der Waals surface area contributed by atoms with Crippen molar-refractivity contribution in [3.05, 3.63) is 36.2 Å². The van der Waals surface area contributed by atoms with Crippen molar-refractivity contribution in [3.63, 3.8) is 0 Å². The highest BCUT2D eigenvalue weighted by Gasteiger charge is 2.30. The zero-order valence-electron chi connectivity index (χ0n) is 16.9. The first-order valence-corrected chi connectivity index (χ1v) is 13.3. The number of hydrogen-bond acceptors (Lipinski definition) is 7. The predicted molar refractivity (Wildman–Crippen MR) is 116 cm³/mol. The SMILES string of the molecule is O=C(CSc1nnc(CC2CCS(=O)(=O)C2)o1)N(c1ccccc1)C1CCCCC1. The molecule has 1 aromatic carbocycles. The number of aromatic nitrogens is 2. The number of benzene rings is 1. The molecule has 1 aliphatic heterocycles. The van der Waals surface area contributed by atoms with Gasteiger partial charge in [-0.2, -0.15) is 0 Å². The topological polar surface area (TPSA) is 93.4 Å². The summed E-state index contributed by atoms with van der Waals surface area (Å²) in [6, 6.07) is 10.1. The van der Waals surface area contributed by atoms with E-state index in [0.29, 0.717) is 24.0 Å². The fourth-order valence-corrected chi connectivity index (χ4v) is 6.84. The second-order valence-electron chi connectivity index (χ2n) is 8.11. The lowest BCUT2D eigenvalue weighted by Gasteiger charge is -2.34. The van der Waals surface area contributed by atoms with E-state index in [9.17, 15) is 13.2 Å². The van der Waals surface area contributed by atoms with E-state index >= 15 is 0 Å². The number of thioether (sulfide) groups is 1. The Balaban J connectivity index is 1.37. The summed E-state index contributed by atoms with van der Waals surface area (Å²) in [5.74, 6) is 1.17. The van der Waals surface area contributed by atoms with Crippen molar-refractivity contribution in [3.8, 4) is 0 Å². The molecule has 7 nitrogen and oxygen atoms in total. The molecule has 0 radical (unpaired) electrons. The summed E-state index contributed by atoms with van der Waals surface area (Å²) in [5.41, 5.74) is 0.934. The van der Waals surface area contributed by atoms with Crippen molar-refractivity contribution >= 4 is 33.2 Å². The van der Waals surface area contributed by atoms with Crippen molar-refractivity contribution < 1.29 is 17.6 Å². The van der Waals surface area contributed by atoms with Crippen molar-refractivity contribution in [2.45, 2.75) is 56.2 Å². The molecule has 2 aliphatic rings. The van der Waals surface area contributed by atoms with E-state index in [1.165, 1.54) is 18.2 Å². The number of anilines is 1. The second kappa shape index (κ2) is 9.51. The molecule has 0 bridgehead atoms. The zero-order valence-corrected chi connectivity index (χ0v) is 18.5. The number of rotatable bonds is 7. The number of amides is 1. The number of nitrogens with zero attached hydrogens (tertiary/aromatic N) is 3. The molecule has 1 unspecified atom stereocenters. The average Bonchev–Trinajstić information content (AvgIpc) is 3.34. The Morgan fingerprint density at radius 2 is 1.87 bits per heavy atom. The summed E-state index contributed by atoms with van der Waals surface area (Å²) in [6.45, 7) is 0. The van der Waals surface area contributed by atoms with E-state index in [2.05, 4.69) is 10.2 Å². The minimum Gasteiger partial charge on any atom is -0.416 e. The minimum atomic E-state index is -2.92. The van der Waals surface area contributed by atoms with Crippen molar-refractivity contribution in [1.82, 2.24) is 10.2 Å². The summed E-state index contributed by atoms with van der Waals surface area (Å²) < 4.78 is 28.9. The third-order valence-electron chi connectivity index (χ3n) is 5.80. The van der Waals surface area contributed by atoms with Crippen LogP contribution in [0.5, 0.6) is 0 Å². The van der Waals surface area contributed by atoms with Crippen LogP contribution in [0, 0.1) is 5.92 Å². The quantitative estimate of drug-likeness (QED) is 0.597. The maximum absolute atomic E-state index is 13.1. The van der Waals surface area contributed by atoms with Gasteiger partial charge in [-0.05, 0) is 37.3 Å². The van der Waals surface area contributed by atoms with E-state index < -0.39 is 9.84 Å². The largest absolute Gasteiger partial charge is 0.416 e. The number of carbonyl (C=O) groups excluding carboxylic acids is 1. The molecular formula is C21H27N3O4S2. The van der Waals surface area contributed by atoms with E-state index in [4.69, 9.17) is 4.42 Å². The molecule has 9 heteroatoms. The van der Waals surface area contributed by atoms with Gasteiger partial charge in [-0.3, -0.25) is 4.79 Å². The summed E-state index contributed by atoms with van der Waals surface area (Å²) in [4.78, 5) is 15.1. The number of hydrogen-bond donors (Lipinski definition) is 0. The Labute approximate surface area is 181 Å². The molecule has 1 atom stereocenters. The highest BCUT2D eigenvalue weighted by Crippen LogP contribution is 2.29. The Bertz CT molecular complexity index is 956. The highest BCUT2D eigenvalue weighted by molar-refractivity contribution is 7.99. The molecule has 0 spiro atoms. The van der Waals surface area contributed by atoms with Gasteiger partial charge in [0.25, 0.3) is 5.22 Å². The third kappa shape index (κ3) is 5.43. The summed E-state index contributed by atoms with van der Waals surface area (Å²) in [5, 5.41) is 8.44. The molecular weight excluding hydrogens is 422 g/mol. The molecule has 4 rings (SSSR count). The number of sulfone groups is 1. The lowest BCUT2D eigenvalue weighted by Crippen LogP contribution is -2.42. The van der Waals surface area contributed by atoms with Gasteiger partial charge in [0.15, 0.2) is 9.84 Å². The standard InChI is InChI=1S/C21H27N3O4S2/c25-20(24(17-7-3-1-4-8-17)18-9-5-2-6-10-18)14-29-21-23-22-19(28-21)13-16-11-12-30(26,27)15-16/h1,3-4,7-8,16,18H,2,5-6,9-15H2. The smallest absolute Gasteiger partial charge is 0.277 e. The van der Waals surface area contributed by atoms with Crippen LogP contribution in [-0.4, -0.2) is 47.8 Å². The normalized spacial score (nSPS) is 21.5. The maximum Gasteiger partial charge on any atom is 0.277 e. The van der Waals surface area contributed by atoms with Crippen molar-refractivity contribution in [2.75, 3.05) is 22.2 Å². The molecule has 2 heterocycles. The van der Waals surface area contributed by atoms with Gasteiger partial charge in [-0.15, -0.1) is 10.2 Å². The van der Waals surface area contributed by atoms with E-state index in [0.717, 1.165) is 31.4 Å². The molecule has 162 valence electrons.